The summed E-state index contributed by atoms with van der Waals surface area (Å²) in [6.45, 7) is 1.13. The van der Waals surface area contributed by atoms with Crippen molar-refractivity contribution < 1.29 is 14.3 Å². The van der Waals surface area contributed by atoms with E-state index in [0.717, 1.165) is 17.3 Å². The fourth-order valence-electron chi connectivity index (χ4n) is 2.33. The fourth-order valence-corrected chi connectivity index (χ4v) is 2.78. The number of ether oxygens (including phenoxy) is 1. The van der Waals surface area contributed by atoms with Crippen molar-refractivity contribution in [3.8, 4) is 0 Å². The number of esters is 1. The molecule has 0 aliphatic carbocycles. The van der Waals surface area contributed by atoms with Crippen LogP contribution in [0.5, 0.6) is 0 Å². The van der Waals surface area contributed by atoms with Crippen LogP contribution in [-0.4, -0.2) is 37.0 Å². The Morgan fingerprint density at radius 3 is 2.79 bits per heavy atom. The minimum Gasteiger partial charge on any atom is -0.469 e. The maximum absolute atomic E-state index is 12.4. The molecule has 0 bridgehead atoms. The summed E-state index contributed by atoms with van der Waals surface area (Å²) in [7, 11) is 1.39. The van der Waals surface area contributed by atoms with Crippen LogP contribution in [0.4, 0.5) is 0 Å². The smallest absolute Gasteiger partial charge is 0.310 e. The molecule has 0 aromatic heterocycles. The number of amides is 1. The van der Waals surface area contributed by atoms with E-state index >= 15 is 0 Å². The number of hydrogen-bond donors (Lipinski definition) is 0. The van der Waals surface area contributed by atoms with E-state index in [2.05, 4.69) is 15.9 Å². The molecule has 1 aromatic rings. The summed E-state index contributed by atoms with van der Waals surface area (Å²) < 4.78 is 5.54. The van der Waals surface area contributed by atoms with Gasteiger partial charge in [0.1, 0.15) is 0 Å². The van der Waals surface area contributed by atoms with Crippen LogP contribution in [-0.2, 0) is 9.53 Å². The summed E-state index contributed by atoms with van der Waals surface area (Å²) in [4.78, 5) is 25.7. The third-order valence-corrected chi connectivity index (χ3v) is 4.04. The number of carbonyl (C=O) groups is 2. The summed E-state index contributed by atoms with van der Waals surface area (Å²) in [5.74, 6) is -0.476. The number of likely N-dealkylation sites (tertiary alicyclic amines) is 1. The van der Waals surface area contributed by atoms with Gasteiger partial charge >= 0.3 is 5.97 Å². The summed E-state index contributed by atoms with van der Waals surface area (Å²) in [5.41, 5.74) is 0.632. The van der Waals surface area contributed by atoms with Crippen LogP contribution in [0.3, 0.4) is 0 Å². The van der Waals surface area contributed by atoms with E-state index in [-0.39, 0.29) is 17.8 Å². The standard InChI is InChI=1S/C14H16BrNO3/c1-19-14(18)10-5-4-8-16(9-10)13(17)11-6-2-3-7-12(11)15/h2-3,6-7,10H,4-5,8-9H2,1H3/t10-/m0/s1. The average Bonchev–Trinajstić information content (AvgIpc) is 2.46. The van der Waals surface area contributed by atoms with Gasteiger partial charge < -0.3 is 9.64 Å². The van der Waals surface area contributed by atoms with Crippen molar-refractivity contribution in [1.29, 1.82) is 0 Å². The maximum Gasteiger partial charge on any atom is 0.310 e. The first kappa shape index (κ1) is 14.1. The number of nitrogens with zero attached hydrogens (tertiary/aromatic N) is 1. The molecular formula is C14H16BrNO3. The van der Waals surface area contributed by atoms with Crippen LogP contribution < -0.4 is 0 Å². The van der Waals surface area contributed by atoms with E-state index in [1.807, 2.05) is 18.2 Å². The molecule has 2 rings (SSSR count). The molecule has 102 valence electrons. The number of piperidine rings is 1. The number of carbonyl (C=O) groups excluding carboxylic acids is 2. The van der Waals surface area contributed by atoms with Crippen molar-refractivity contribution in [3.05, 3.63) is 34.3 Å². The summed E-state index contributed by atoms with van der Waals surface area (Å²) >= 11 is 3.38. The molecule has 1 aromatic carbocycles. The van der Waals surface area contributed by atoms with E-state index in [0.29, 0.717) is 18.7 Å². The number of methoxy groups -OCH3 is 1. The predicted octanol–water partition coefficient (Wildman–Crippen LogP) is 2.47. The molecule has 1 fully saturated rings. The predicted molar refractivity (Wildman–Crippen MR) is 74.8 cm³/mol. The topological polar surface area (TPSA) is 46.6 Å². The Bertz CT molecular complexity index is 489. The van der Waals surface area contributed by atoms with Gasteiger partial charge in [-0.1, -0.05) is 12.1 Å². The Morgan fingerprint density at radius 2 is 2.11 bits per heavy atom. The molecule has 1 aliphatic rings. The Labute approximate surface area is 120 Å². The number of halogens is 1. The van der Waals surface area contributed by atoms with E-state index < -0.39 is 0 Å². The first-order valence-electron chi connectivity index (χ1n) is 6.25. The fraction of sp³-hybridized carbons (Fsp3) is 0.429. The van der Waals surface area contributed by atoms with Gasteiger partial charge in [0.15, 0.2) is 0 Å². The molecule has 0 N–H and O–H groups in total. The van der Waals surface area contributed by atoms with Crippen molar-refractivity contribution in [2.45, 2.75) is 12.8 Å². The van der Waals surface area contributed by atoms with Gasteiger partial charge in [0, 0.05) is 17.6 Å². The summed E-state index contributed by atoms with van der Waals surface area (Å²) in [5, 5.41) is 0. The van der Waals surface area contributed by atoms with Crippen LogP contribution >= 0.6 is 15.9 Å². The number of rotatable bonds is 2. The molecule has 0 radical (unpaired) electrons. The van der Waals surface area contributed by atoms with Crippen molar-refractivity contribution >= 4 is 27.8 Å². The van der Waals surface area contributed by atoms with Crippen molar-refractivity contribution in [1.82, 2.24) is 4.90 Å². The van der Waals surface area contributed by atoms with E-state index in [4.69, 9.17) is 4.74 Å². The van der Waals surface area contributed by atoms with Gasteiger partial charge in [-0.2, -0.15) is 0 Å². The third kappa shape index (κ3) is 3.15. The molecule has 19 heavy (non-hydrogen) atoms. The molecule has 1 aliphatic heterocycles. The van der Waals surface area contributed by atoms with Crippen LogP contribution in [0.1, 0.15) is 23.2 Å². The number of hydrogen-bond acceptors (Lipinski definition) is 3. The van der Waals surface area contributed by atoms with Gasteiger partial charge in [0.25, 0.3) is 5.91 Å². The Balaban J connectivity index is 2.11. The van der Waals surface area contributed by atoms with Crippen molar-refractivity contribution in [2.75, 3.05) is 20.2 Å². The molecule has 4 nitrogen and oxygen atoms in total. The maximum atomic E-state index is 12.4. The second kappa shape index (κ2) is 6.19. The zero-order valence-corrected chi connectivity index (χ0v) is 12.4. The summed E-state index contributed by atoms with van der Waals surface area (Å²) in [6.07, 6.45) is 1.61. The molecule has 0 saturated carbocycles. The lowest BCUT2D eigenvalue weighted by Gasteiger charge is -2.31. The Kier molecular flexibility index (Phi) is 4.58. The zero-order chi connectivity index (χ0) is 13.8. The highest BCUT2D eigenvalue weighted by atomic mass is 79.9. The van der Waals surface area contributed by atoms with E-state index in [9.17, 15) is 9.59 Å². The minimum absolute atomic E-state index is 0.0407. The van der Waals surface area contributed by atoms with Crippen LogP contribution in [0, 0.1) is 5.92 Å². The SMILES string of the molecule is COC(=O)[C@H]1CCCN(C(=O)c2ccccc2Br)C1. The van der Waals surface area contributed by atoms with Gasteiger partial charge in [0.2, 0.25) is 0 Å². The van der Waals surface area contributed by atoms with Gasteiger partial charge in [-0.05, 0) is 40.9 Å². The van der Waals surface area contributed by atoms with E-state index in [1.165, 1.54) is 7.11 Å². The molecule has 0 unspecified atom stereocenters. The quantitative estimate of drug-likeness (QED) is 0.785. The second-order valence-corrected chi connectivity index (χ2v) is 5.45. The highest BCUT2D eigenvalue weighted by Gasteiger charge is 2.29. The average molecular weight is 326 g/mol. The molecule has 0 spiro atoms. The van der Waals surface area contributed by atoms with Gasteiger partial charge in [-0.3, -0.25) is 9.59 Å². The molecular weight excluding hydrogens is 310 g/mol. The first-order valence-corrected chi connectivity index (χ1v) is 7.04. The van der Waals surface area contributed by atoms with Gasteiger partial charge in [-0.15, -0.1) is 0 Å². The highest BCUT2D eigenvalue weighted by Crippen LogP contribution is 2.23. The van der Waals surface area contributed by atoms with Gasteiger partial charge in [0.05, 0.1) is 18.6 Å². The summed E-state index contributed by atoms with van der Waals surface area (Å²) in [6, 6.07) is 7.33. The molecule has 5 heteroatoms. The molecule has 1 saturated heterocycles. The van der Waals surface area contributed by atoms with Crippen LogP contribution in [0.25, 0.3) is 0 Å². The molecule has 1 heterocycles. The largest absolute Gasteiger partial charge is 0.469 e. The minimum atomic E-state index is -0.232. The molecule has 1 amide bonds. The monoisotopic (exact) mass is 325 g/mol. The zero-order valence-electron chi connectivity index (χ0n) is 10.8. The second-order valence-electron chi connectivity index (χ2n) is 4.59. The third-order valence-electron chi connectivity index (χ3n) is 3.35. The van der Waals surface area contributed by atoms with Crippen LogP contribution in [0.2, 0.25) is 0 Å². The normalized spacial score (nSPS) is 19.1. The van der Waals surface area contributed by atoms with Crippen LogP contribution in [0.15, 0.2) is 28.7 Å². The lowest BCUT2D eigenvalue weighted by Crippen LogP contribution is -2.42. The Morgan fingerprint density at radius 1 is 1.37 bits per heavy atom. The first-order chi connectivity index (χ1) is 9.13. The highest BCUT2D eigenvalue weighted by molar-refractivity contribution is 9.10. The lowest BCUT2D eigenvalue weighted by molar-refractivity contribution is -0.146. The lowest BCUT2D eigenvalue weighted by atomic mass is 9.97. The van der Waals surface area contributed by atoms with Gasteiger partial charge in [-0.25, -0.2) is 0 Å². The van der Waals surface area contributed by atoms with Crippen molar-refractivity contribution in [3.63, 3.8) is 0 Å². The van der Waals surface area contributed by atoms with Crippen molar-refractivity contribution in [2.24, 2.45) is 5.92 Å². The number of benzene rings is 1. The Hall–Kier alpha value is -1.36. The van der Waals surface area contributed by atoms with E-state index in [1.54, 1.807) is 11.0 Å². The molecule has 1 atom stereocenters.